The Kier molecular flexibility index (Phi) is 5.71. The zero-order valence-electron chi connectivity index (χ0n) is 15.9. The van der Waals surface area contributed by atoms with Gasteiger partial charge in [-0.05, 0) is 43.3 Å². The molecule has 1 aromatic carbocycles. The predicted molar refractivity (Wildman–Crippen MR) is 116 cm³/mol. The number of carbonyl (C=O) groups is 1. The van der Waals surface area contributed by atoms with E-state index in [1.165, 1.54) is 17.4 Å². The number of nitrogens with one attached hydrogen (secondary N) is 1. The predicted octanol–water partition coefficient (Wildman–Crippen LogP) is 4.33. The maximum absolute atomic E-state index is 13.2. The van der Waals surface area contributed by atoms with Crippen LogP contribution < -0.4 is 4.72 Å². The Morgan fingerprint density at radius 2 is 1.97 bits per heavy atom. The van der Waals surface area contributed by atoms with Crippen LogP contribution in [0.25, 0.3) is 0 Å². The molecule has 29 heavy (non-hydrogen) atoms. The van der Waals surface area contributed by atoms with Gasteiger partial charge in [0.1, 0.15) is 9.77 Å². The van der Waals surface area contributed by atoms with Gasteiger partial charge >= 0.3 is 0 Å². The molecule has 0 aliphatic carbocycles. The van der Waals surface area contributed by atoms with E-state index in [1.54, 1.807) is 39.9 Å². The van der Waals surface area contributed by atoms with Gasteiger partial charge in [-0.2, -0.15) is 0 Å². The second-order valence-corrected chi connectivity index (χ2v) is 10.5. The lowest BCUT2D eigenvalue weighted by atomic mass is 9.98. The Labute approximate surface area is 178 Å². The molecule has 1 N–H and O–H groups in total. The van der Waals surface area contributed by atoms with Crippen molar-refractivity contribution in [2.24, 2.45) is 0 Å². The van der Waals surface area contributed by atoms with Crippen LogP contribution in [-0.4, -0.2) is 37.3 Å². The van der Waals surface area contributed by atoms with Crippen LogP contribution in [0.4, 0.5) is 5.69 Å². The second-order valence-electron chi connectivity index (χ2n) is 7.05. The molecule has 3 aromatic rings. The number of aryl methyl sites for hydroxylation is 1. The number of hydrogen-bond acceptors (Lipinski definition) is 6. The number of hydrogen-bond donors (Lipinski definition) is 1. The maximum Gasteiger partial charge on any atom is 0.265 e. The van der Waals surface area contributed by atoms with E-state index in [4.69, 9.17) is 0 Å². The minimum atomic E-state index is -3.85. The van der Waals surface area contributed by atoms with Crippen LogP contribution in [0.2, 0.25) is 0 Å². The highest BCUT2D eigenvalue weighted by molar-refractivity contribution is 7.93. The highest BCUT2D eigenvalue weighted by atomic mass is 32.2. The van der Waals surface area contributed by atoms with Crippen molar-refractivity contribution in [3.8, 4) is 0 Å². The van der Waals surface area contributed by atoms with E-state index in [9.17, 15) is 13.2 Å². The van der Waals surface area contributed by atoms with E-state index in [1.807, 2.05) is 24.4 Å². The molecular weight excluding hydrogens is 426 g/mol. The van der Waals surface area contributed by atoms with Gasteiger partial charge < -0.3 is 4.90 Å². The lowest BCUT2D eigenvalue weighted by molar-refractivity contribution is 0.0708. The maximum atomic E-state index is 13.2. The molecule has 1 saturated heterocycles. The van der Waals surface area contributed by atoms with E-state index in [0.29, 0.717) is 18.8 Å². The summed E-state index contributed by atoms with van der Waals surface area (Å²) in [5, 5.41) is 4.62. The minimum Gasteiger partial charge on any atom is -0.337 e. The lowest BCUT2D eigenvalue weighted by Crippen LogP contribution is -2.39. The highest BCUT2D eigenvalue weighted by Gasteiger charge is 2.31. The van der Waals surface area contributed by atoms with Crippen LogP contribution in [0.15, 0.2) is 52.2 Å². The SMILES string of the molecule is Cc1ccc(NS(=O)(=O)c2ccsc2C(=O)N2CCCC(c3nccs3)C2)cc1. The standard InChI is InChI=1S/C20H21N3O3S3/c1-14-4-6-16(7-5-14)22-29(25,26)17-8-11-27-18(17)20(24)23-10-2-3-15(13-23)19-21-9-12-28-19/h4-9,11-12,15,22H,2-3,10,13H2,1H3. The molecule has 1 aliphatic rings. The summed E-state index contributed by atoms with van der Waals surface area (Å²) in [6, 6.07) is 8.60. The van der Waals surface area contributed by atoms with Crippen molar-refractivity contribution in [2.45, 2.75) is 30.6 Å². The van der Waals surface area contributed by atoms with Gasteiger partial charge in [-0.1, -0.05) is 17.7 Å². The number of likely N-dealkylation sites (tertiary alicyclic amines) is 1. The lowest BCUT2D eigenvalue weighted by Gasteiger charge is -2.31. The van der Waals surface area contributed by atoms with Crippen molar-refractivity contribution in [1.82, 2.24) is 9.88 Å². The smallest absolute Gasteiger partial charge is 0.265 e. The monoisotopic (exact) mass is 447 g/mol. The van der Waals surface area contributed by atoms with Crippen molar-refractivity contribution in [1.29, 1.82) is 0 Å². The molecule has 1 aliphatic heterocycles. The number of thiophene rings is 1. The fraction of sp³-hybridized carbons (Fsp3) is 0.300. The Bertz CT molecular complexity index is 1090. The molecule has 1 amide bonds. The van der Waals surface area contributed by atoms with Gasteiger partial charge in [0.15, 0.2) is 0 Å². The number of anilines is 1. The van der Waals surface area contributed by atoms with Gasteiger partial charge in [-0.3, -0.25) is 9.52 Å². The molecule has 152 valence electrons. The van der Waals surface area contributed by atoms with Crippen molar-refractivity contribution in [3.05, 3.63) is 62.7 Å². The van der Waals surface area contributed by atoms with E-state index in [2.05, 4.69) is 9.71 Å². The number of piperidine rings is 1. The molecule has 0 spiro atoms. The zero-order valence-corrected chi connectivity index (χ0v) is 18.3. The molecule has 3 heterocycles. The van der Waals surface area contributed by atoms with Crippen molar-refractivity contribution >= 4 is 44.3 Å². The fourth-order valence-corrected chi connectivity index (χ4v) is 6.66. The van der Waals surface area contributed by atoms with E-state index >= 15 is 0 Å². The number of aromatic nitrogens is 1. The Morgan fingerprint density at radius 1 is 1.17 bits per heavy atom. The summed E-state index contributed by atoms with van der Waals surface area (Å²) in [4.78, 5) is 19.6. The average molecular weight is 448 g/mol. The Balaban J connectivity index is 1.55. The zero-order chi connectivity index (χ0) is 20.4. The van der Waals surface area contributed by atoms with Gasteiger partial charge in [0.2, 0.25) is 0 Å². The van der Waals surface area contributed by atoms with Crippen LogP contribution in [0, 0.1) is 6.92 Å². The number of sulfonamides is 1. The number of thiazole rings is 1. The number of carbonyl (C=O) groups excluding carboxylic acids is 1. The summed E-state index contributed by atoms with van der Waals surface area (Å²) in [5.41, 5.74) is 1.52. The summed E-state index contributed by atoms with van der Waals surface area (Å²) >= 11 is 2.76. The first-order chi connectivity index (χ1) is 13.9. The van der Waals surface area contributed by atoms with Gasteiger partial charge in [0, 0.05) is 36.3 Å². The van der Waals surface area contributed by atoms with Crippen LogP contribution in [0.3, 0.4) is 0 Å². The first-order valence-electron chi connectivity index (χ1n) is 9.30. The largest absolute Gasteiger partial charge is 0.337 e. The summed E-state index contributed by atoms with van der Waals surface area (Å²) < 4.78 is 28.4. The molecule has 0 bridgehead atoms. The van der Waals surface area contributed by atoms with E-state index in [-0.39, 0.29) is 21.6 Å². The van der Waals surface area contributed by atoms with E-state index < -0.39 is 10.0 Å². The molecule has 1 atom stereocenters. The summed E-state index contributed by atoms with van der Waals surface area (Å²) in [7, 11) is -3.85. The second kappa shape index (κ2) is 8.25. The molecule has 4 rings (SSSR count). The number of amides is 1. The summed E-state index contributed by atoms with van der Waals surface area (Å²) in [6.45, 7) is 3.13. The topological polar surface area (TPSA) is 79.4 Å². The third-order valence-electron chi connectivity index (χ3n) is 4.93. The third-order valence-corrected chi connectivity index (χ3v) is 8.32. The van der Waals surface area contributed by atoms with Gasteiger partial charge in [-0.25, -0.2) is 13.4 Å². The van der Waals surface area contributed by atoms with Crippen LogP contribution in [-0.2, 0) is 10.0 Å². The molecule has 0 radical (unpaired) electrons. The first-order valence-corrected chi connectivity index (χ1v) is 12.5. The van der Waals surface area contributed by atoms with Crippen LogP contribution >= 0.6 is 22.7 Å². The number of nitrogens with zero attached hydrogens (tertiary/aromatic N) is 2. The summed E-state index contributed by atoms with van der Waals surface area (Å²) in [5.74, 6) is -0.0241. The third kappa shape index (κ3) is 4.36. The van der Waals surface area contributed by atoms with Crippen molar-refractivity contribution in [3.63, 3.8) is 0 Å². The van der Waals surface area contributed by atoms with Gasteiger partial charge in [0.25, 0.3) is 15.9 Å². The highest BCUT2D eigenvalue weighted by Crippen LogP contribution is 2.31. The molecule has 0 saturated carbocycles. The average Bonchev–Trinajstić information content (AvgIpc) is 3.41. The Morgan fingerprint density at radius 3 is 2.69 bits per heavy atom. The Hall–Kier alpha value is -2.23. The molecule has 6 nitrogen and oxygen atoms in total. The number of rotatable bonds is 5. The minimum absolute atomic E-state index is 0.0319. The first kappa shape index (κ1) is 20.1. The van der Waals surface area contributed by atoms with Crippen molar-refractivity contribution in [2.75, 3.05) is 17.8 Å². The van der Waals surface area contributed by atoms with Gasteiger partial charge in [-0.15, -0.1) is 22.7 Å². The molecule has 1 unspecified atom stereocenters. The molecule has 2 aromatic heterocycles. The fourth-order valence-electron chi connectivity index (χ4n) is 3.44. The molecular formula is C20H21N3O3S3. The van der Waals surface area contributed by atoms with Gasteiger partial charge in [0.05, 0.1) is 5.01 Å². The van der Waals surface area contributed by atoms with E-state index in [0.717, 1.165) is 23.4 Å². The molecule has 9 heteroatoms. The number of benzene rings is 1. The normalized spacial score (nSPS) is 17.3. The molecule has 1 fully saturated rings. The quantitative estimate of drug-likeness (QED) is 0.631. The van der Waals surface area contributed by atoms with Crippen LogP contribution in [0.5, 0.6) is 0 Å². The van der Waals surface area contributed by atoms with Crippen molar-refractivity contribution < 1.29 is 13.2 Å². The summed E-state index contributed by atoms with van der Waals surface area (Å²) in [6.07, 6.45) is 3.65. The van der Waals surface area contributed by atoms with Crippen LogP contribution in [0.1, 0.15) is 39.0 Å².